The minimum absolute atomic E-state index is 0.409. The summed E-state index contributed by atoms with van der Waals surface area (Å²) in [6, 6.07) is 5.23. The van der Waals surface area contributed by atoms with Gasteiger partial charge in [-0.3, -0.25) is 4.90 Å². The first-order chi connectivity index (χ1) is 8.20. The maximum absolute atomic E-state index is 5.96. The van der Waals surface area contributed by atoms with Crippen LogP contribution in [0.25, 0.3) is 0 Å². The quantitative estimate of drug-likeness (QED) is 0.882. The van der Waals surface area contributed by atoms with E-state index in [-0.39, 0.29) is 0 Å². The van der Waals surface area contributed by atoms with Crippen molar-refractivity contribution in [1.82, 2.24) is 10.2 Å². The third-order valence-electron chi connectivity index (χ3n) is 3.59. The largest absolute Gasteiger partial charge is 0.308 e. The van der Waals surface area contributed by atoms with Crippen molar-refractivity contribution in [2.45, 2.75) is 38.8 Å². The van der Waals surface area contributed by atoms with E-state index in [4.69, 9.17) is 11.6 Å². The van der Waals surface area contributed by atoms with Crippen LogP contribution in [0.2, 0.25) is 4.34 Å². The van der Waals surface area contributed by atoms with Crippen molar-refractivity contribution in [3.8, 4) is 0 Å². The number of thiophene rings is 1. The number of halogens is 1. The molecule has 1 aliphatic rings. The van der Waals surface area contributed by atoms with Crippen LogP contribution in [0.4, 0.5) is 0 Å². The second-order valence-electron chi connectivity index (χ2n) is 4.70. The standard InChI is InChI=1S/C13H21ClN2S/c1-3-16-8-4-5-11(16)9-15-10(2)12-6-7-13(14)17-12/h6-7,10-11,15H,3-5,8-9H2,1-2H3. The third kappa shape index (κ3) is 3.44. The van der Waals surface area contributed by atoms with Crippen molar-refractivity contribution in [1.29, 1.82) is 0 Å². The zero-order valence-corrected chi connectivity index (χ0v) is 12.2. The maximum Gasteiger partial charge on any atom is 0.0931 e. The molecule has 2 unspecified atom stereocenters. The van der Waals surface area contributed by atoms with Crippen LogP contribution in [0.5, 0.6) is 0 Å². The van der Waals surface area contributed by atoms with Crippen molar-refractivity contribution in [3.05, 3.63) is 21.3 Å². The average Bonchev–Trinajstić information content (AvgIpc) is 2.94. The topological polar surface area (TPSA) is 15.3 Å². The van der Waals surface area contributed by atoms with Gasteiger partial charge < -0.3 is 5.32 Å². The highest BCUT2D eigenvalue weighted by atomic mass is 35.5. The summed E-state index contributed by atoms with van der Waals surface area (Å²) in [5.41, 5.74) is 0. The van der Waals surface area contributed by atoms with E-state index >= 15 is 0 Å². The molecule has 1 aromatic rings. The third-order valence-corrected chi connectivity index (χ3v) is 5.00. The molecule has 2 rings (SSSR count). The molecule has 17 heavy (non-hydrogen) atoms. The van der Waals surface area contributed by atoms with E-state index in [1.54, 1.807) is 11.3 Å². The van der Waals surface area contributed by atoms with Crippen molar-refractivity contribution >= 4 is 22.9 Å². The van der Waals surface area contributed by atoms with Crippen LogP contribution in [-0.4, -0.2) is 30.6 Å². The van der Waals surface area contributed by atoms with Crippen molar-refractivity contribution in [3.63, 3.8) is 0 Å². The van der Waals surface area contributed by atoms with Gasteiger partial charge in [-0.1, -0.05) is 18.5 Å². The van der Waals surface area contributed by atoms with Gasteiger partial charge in [-0.25, -0.2) is 0 Å². The number of likely N-dealkylation sites (tertiary alicyclic amines) is 1. The summed E-state index contributed by atoms with van der Waals surface area (Å²) in [5.74, 6) is 0. The molecule has 0 spiro atoms. The van der Waals surface area contributed by atoms with Crippen LogP contribution >= 0.6 is 22.9 Å². The van der Waals surface area contributed by atoms with Gasteiger partial charge in [0.1, 0.15) is 0 Å². The first kappa shape index (κ1) is 13.3. The molecule has 1 saturated heterocycles. The number of nitrogens with zero attached hydrogens (tertiary/aromatic N) is 1. The second-order valence-corrected chi connectivity index (χ2v) is 6.44. The van der Waals surface area contributed by atoms with Crippen LogP contribution in [0.1, 0.15) is 37.6 Å². The van der Waals surface area contributed by atoms with Crippen molar-refractivity contribution < 1.29 is 0 Å². The Kier molecular flexibility index (Phi) is 4.86. The summed E-state index contributed by atoms with van der Waals surface area (Å²) in [4.78, 5) is 3.90. The molecule has 1 N–H and O–H groups in total. The number of hydrogen-bond acceptors (Lipinski definition) is 3. The Balaban J connectivity index is 1.81. The summed E-state index contributed by atoms with van der Waals surface area (Å²) in [6.45, 7) is 7.99. The lowest BCUT2D eigenvalue weighted by Crippen LogP contribution is -2.38. The molecule has 2 atom stereocenters. The summed E-state index contributed by atoms with van der Waals surface area (Å²) in [6.07, 6.45) is 2.68. The van der Waals surface area contributed by atoms with Gasteiger partial charge in [0.15, 0.2) is 0 Å². The molecule has 2 nitrogen and oxygen atoms in total. The Labute approximate surface area is 113 Å². The summed E-state index contributed by atoms with van der Waals surface area (Å²) in [7, 11) is 0. The van der Waals surface area contributed by atoms with E-state index in [0.717, 1.165) is 16.9 Å². The zero-order chi connectivity index (χ0) is 12.3. The number of hydrogen-bond donors (Lipinski definition) is 1. The molecule has 4 heteroatoms. The van der Waals surface area contributed by atoms with Gasteiger partial charge in [0.25, 0.3) is 0 Å². The molecule has 1 aromatic heterocycles. The molecule has 0 saturated carbocycles. The fourth-order valence-electron chi connectivity index (χ4n) is 2.52. The number of rotatable bonds is 5. The Morgan fingerprint density at radius 3 is 3.06 bits per heavy atom. The molecule has 1 aliphatic heterocycles. The van der Waals surface area contributed by atoms with E-state index in [0.29, 0.717) is 6.04 Å². The minimum Gasteiger partial charge on any atom is -0.308 e. The fraction of sp³-hybridized carbons (Fsp3) is 0.692. The summed E-state index contributed by atoms with van der Waals surface area (Å²) >= 11 is 7.63. The minimum atomic E-state index is 0.409. The SMILES string of the molecule is CCN1CCCC1CNC(C)c1ccc(Cl)s1. The first-order valence-corrected chi connectivity index (χ1v) is 7.62. The summed E-state index contributed by atoms with van der Waals surface area (Å²) < 4.78 is 0.879. The van der Waals surface area contributed by atoms with Gasteiger partial charge in [-0.2, -0.15) is 0 Å². The normalized spacial score (nSPS) is 23.1. The summed E-state index contributed by atoms with van der Waals surface area (Å²) in [5, 5.41) is 3.63. The van der Waals surface area contributed by atoms with Gasteiger partial charge in [-0.15, -0.1) is 11.3 Å². The first-order valence-electron chi connectivity index (χ1n) is 6.43. The molecule has 0 radical (unpaired) electrons. The molecule has 0 amide bonds. The lowest BCUT2D eigenvalue weighted by atomic mass is 10.2. The van der Waals surface area contributed by atoms with Crippen molar-refractivity contribution in [2.24, 2.45) is 0 Å². The van der Waals surface area contributed by atoms with E-state index in [2.05, 4.69) is 30.1 Å². The lowest BCUT2D eigenvalue weighted by molar-refractivity contribution is 0.255. The lowest BCUT2D eigenvalue weighted by Gasteiger charge is -2.24. The molecule has 0 aromatic carbocycles. The van der Waals surface area contributed by atoms with E-state index < -0.39 is 0 Å². The van der Waals surface area contributed by atoms with Crippen LogP contribution < -0.4 is 5.32 Å². The van der Waals surface area contributed by atoms with Crippen LogP contribution in [0.3, 0.4) is 0 Å². The highest BCUT2D eigenvalue weighted by molar-refractivity contribution is 7.16. The molecular formula is C13H21ClN2S. The number of nitrogens with one attached hydrogen (secondary N) is 1. The molecule has 0 bridgehead atoms. The predicted molar refractivity (Wildman–Crippen MR) is 76.0 cm³/mol. The zero-order valence-electron chi connectivity index (χ0n) is 10.6. The van der Waals surface area contributed by atoms with Crippen LogP contribution in [0.15, 0.2) is 12.1 Å². The highest BCUT2D eigenvalue weighted by Gasteiger charge is 2.23. The van der Waals surface area contributed by atoms with Gasteiger partial charge >= 0.3 is 0 Å². The van der Waals surface area contributed by atoms with Crippen LogP contribution in [0, 0.1) is 0 Å². The Morgan fingerprint density at radius 2 is 2.41 bits per heavy atom. The number of likely N-dealkylation sites (N-methyl/N-ethyl adjacent to an activating group) is 1. The second kappa shape index (κ2) is 6.19. The smallest absolute Gasteiger partial charge is 0.0931 e. The predicted octanol–water partition coefficient (Wildman–Crippen LogP) is 3.54. The fourth-order valence-corrected chi connectivity index (χ4v) is 3.60. The molecule has 1 fully saturated rings. The van der Waals surface area contributed by atoms with E-state index in [1.807, 2.05) is 6.07 Å². The maximum atomic E-state index is 5.96. The Morgan fingerprint density at radius 1 is 1.59 bits per heavy atom. The molecule has 96 valence electrons. The molecule has 0 aliphatic carbocycles. The van der Waals surface area contributed by atoms with E-state index in [9.17, 15) is 0 Å². The molecule has 2 heterocycles. The average molecular weight is 273 g/mol. The Bertz CT molecular complexity index is 353. The van der Waals surface area contributed by atoms with Gasteiger partial charge in [-0.05, 0) is 45.0 Å². The monoisotopic (exact) mass is 272 g/mol. The highest BCUT2D eigenvalue weighted by Crippen LogP contribution is 2.27. The Hall–Kier alpha value is -0.0900. The van der Waals surface area contributed by atoms with E-state index in [1.165, 1.54) is 30.8 Å². The van der Waals surface area contributed by atoms with Gasteiger partial charge in [0.2, 0.25) is 0 Å². The van der Waals surface area contributed by atoms with Crippen molar-refractivity contribution in [2.75, 3.05) is 19.6 Å². The van der Waals surface area contributed by atoms with Gasteiger partial charge in [0.05, 0.1) is 4.34 Å². The van der Waals surface area contributed by atoms with Gasteiger partial charge in [0, 0.05) is 23.5 Å². The van der Waals surface area contributed by atoms with Crippen LogP contribution in [-0.2, 0) is 0 Å². The molecular weight excluding hydrogens is 252 g/mol.